The Kier molecular flexibility index (Phi) is 4.09. The lowest BCUT2D eigenvalue weighted by molar-refractivity contribution is -0.0886. The minimum absolute atomic E-state index is 0.0665. The van der Waals surface area contributed by atoms with Crippen LogP contribution in [0, 0.1) is 13.8 Å². The molecule has 3 nitrogen and oxygen atoms in total. The number of halogens is 4. The Hall–Kier alpha value is -1.82. The highest BCUT2D eigenvalue weighted by Crippen LogP contribution is 2.26. The smallest absolute Gasteiger partial charge is 0.284 e. The van der Waals surface area contributed by atoms with Gasteiger partial charge in [0.15, 0.2) is 0 Å². The second-order valence-electron chi connectivity index (χ2n) is 4.66. The molecule has 7 heteroatoms. The first-order valence-corrected chi connectivity index (χ1v) is 6.48. The van der Waals surface area contributed by atoms with Gasteiger partial charge in [0.1, 0.15) is 0 Å². The fourth-order valence-electron chi connectivity index (χ4n) is 2.13. The highest BCUT2D eigenvalue weighted by molar-refractivity contribution is 6.30. The van der Waals surface area contributed by atoms with E-state index in [4.69, 9.17) is 11.6 Å². The fourth-order valence-corrected chi connectivity index (χ4v) is 2.34. The molecule has 112 valence electrons. The first-order valence-electron chi connectivity index (χ1n) is 6.10. The monoisotopic (exact) mass is 316 g/mol. The Morgan fingerprint density at radius 1 is 1.33 bits per heavy atom. The van der Waals surface area contributed by atoms with Gasteiger partial charge >= 0.3 is 6.18 Å². The third kappa shape index (κ3) is 3.26. The van der Waals surface area contributed by atoms with Crippen molar-refractivity contribution in [2.75, 3.05) is 0 Å². The molecule has 1 heterocycles. The molecular formula is C14H12ClF3N2O. The number of nitrogens with zero attached hydrogens (tertiary/aromatic N) is 2. The van der Waals surface area contributed by atoms with E-state index in [1.54, 1.807) is 24.3 Å². The zero-order chi connectivity index (χ0) is 15.8. The molecule has 0 amide bonds. The molecule has 2 aromatic rings. The van der Waals surface area contributed by atoms with Gasteiger partial charge in [-0.1, -0.05) is 23.7 Å². The number of alkyl halides is 3. The van der Waals surface area contributed by atoms with E-state index in [1.807, 2.05) is 0 Å². The maximum absolute atomic E-state index is 12.6. The number of rotatable bonds is 3. The summed E-state index contributed by atoms with van der Waals surface area (Å²) in [7, 11) is 0. The second-order valence-corrected chi connectivity index (χ2v) is 5.10. The number of carbonyl (C=O) groups excluding carboxylic acids is 1. The van der Waals surface area contributed by atoms with Gasteiger partial charge in [-0.05, 0) is 31.5 Å². The zero-order valence-corrected chi connectivity index (χ0v) is 12.1. The standard InChI is InChI=1S/C14H12ClF3N2O/c1-8-12(13(21)14(16,17)18)9(2)20(19-8)7-10-4-3-5-11(15)6-10/h3-6H,7H2,1-2H3. The Balaban J connectivity index is 2.38. The van der Waals surface area contributed by atoms with Gasteiger partial charge in [0.2, 0.25) is 0 Å². The number of benzene rings is 1. The van der Waals surface area contributed by atoms with Crippen molar-refractivity contribution < 1.29 is 18.0 Å². The predicted octanol–water partition coefficient (Wildman–Crippen LogP) is 3.95. The third-order valence-corrected chi connectivity index (χ3v) is 3.32. The van der Waals surface area contributed by atoms with Gasteiger partial charge in [-0.15, -0.1) is 0 Å². The van der Waals surface area contributed by atoms with Crippen molar-refractivity contribution in [3.05, 3.63) is 51.8 Å². The van der Waals surface area contributed by atoms with Crippen LogP contribution in [0.4, 0.5) is 13.2 Å². The van der Waals surface area contributed by atoms with Gasteiger partial charge < -0.3 is 0 Å². The van der Waals surface area contributed by atoms with E-state index >= 15 is 0 Å². The molecule has 0 fully saturated rings. The lowest BCUT2D eigenvalue weighted by Gasteiger charge is -2.07. The van der Waals surface area contributed by atoms with Crippen LogP contribution in [0.2, 0.25) is 5.02 Å². The summed E-state index contributed by atoms with van der Waals surface area (Å²) in [6.45, 7) is 3.09. The van der Waals surface area contributed by atoms with Gasteiger partial charge in [0.05, 0.1) is 17.8 Å². The molecule has 1 aromatic carbocycles. The average molecular weight is 317 g/mol. The SMILES string of the molecule is Cc1nn(Cc2cccc(Cl)c2)c(C)c1C(=O)C(F)(F)F. The first-order chi connectivity index (χ1) is 9.70. The molecule has 0 aliphatic carbocycles. The molecule has 21 heavy (non-hydrogen) atoms. The van der Waals surface area contributed by atoms with Crippen molar-refractivity contribution >= 4 is 17.4 Å². The quantitative estimate of drug-likeness (QED) is 0.804. The molecule has 1 aromatic heterocycles. The summed E-state index contributed by atoms with van der Waals surface area (Å²) >= 11 is 5.87. The minimum atomic E-state index is -4.90. The van der Waals surface area contributed by atoms with E-state index in [-0.39, 0.29) is 23.5 Å². The van der Waals surface area contributed by atoms with Gasteiger partial charge in [-0.2, -0.15) is 18.3 Å². The van der Waals surface area contributed by atoms with Gasteiger partial charge in [-0.3, -0.25) is 9.48 Å². The lowest BCUT2D eigenvalue weighted by Crippen LogP contribution is -2.24. The molecule has 0 spiro atoms. The maximum atomic E-state index is 12.6. The van der Waals surface area contributed by atoms with Crippen LogP contribution >= 0.6 is 11.6 Å². The number of aryl methyl sites for hydroxylation is 1. The van der Waals surface area contributed by atoms with Crippen molar-refractivity contribution in [3.63, 3.8) is 0 Å². The number of hydrogen-bond donors (Lipinski definition) is 0. The van der Waals surface area contributed by atoms with Crippen LogP contribution in [0.1, 0.15) is 27.3 Å². The van der Waals surface area contributed by atoms with Gasteiger partial charge in [0, 0.05) is 10.7 Å². The molecule has 0 atom stereocenters. The molecule has 2 rings (SSSR count). The summed E-state index contributed by atoms with van der Waals surface area (Å²) in [6, 6.07) is 6.92. The van der Waals surface area contributed by atoms with Crippen molar-refractivity contribution in [2.24, 2.45) is 0 Å². The summed E-state index contributed by atoms with van der Waals surface area (Å²) in [4.78, 5) is 11.4. The van der Waals surface area contributed by atoms with E-state index in [0.717, 1.165) is 5.56 Å². The molecule has 0 bridgehead atoms. The molecule has 0 saturated carbocycles. The van der Waals surface area contributed by atoms with Crippen LogP contribution in [0.5, 0.6) is 0 Å². The molecule has 0 saturated heterocycles. The zero-order valence-electron chi connectivity index (χ0n) is 11.3. The van der Waals surface area contributed by atoms with Crippen LogP contribution in [0.3, 0.4) is 0 Å². The topological polar surface area (TPSA) is 34.9 Å². The number of aromatic nitrogens is 2. The summed E-state index contributed by atoms with van der Waals surface area (Å²) in [5.41, 5.74) is 0.662. The highest BCUT2D eigenvalue weighted by Gasteiger charge is 2.42. The van der Waals surface area contributed by atoms with Gasteiger partial charge in [0.25, 0.3) is 5.78 Å². The van der Waals surface area contributed by atoms with E-state index in [2.05, 4.69) is 5.10 Å². The summed E-state index contributed by atoms with van der Waals surface area (Å²) in [5.74, 6) is -1.87. The lowest BCUT2D eigenvalue weighted by atomic mass is 10.1. The molecule has 0 aliphatic rings. The average Bonchev–Trinajstić information content (AvgIpc) is 2.62. The summed E-state index contributed by atoms with van der Waals surface area (Å²) in [6.07, 6.45) is -4.90. The van der Waals surface area contributed by atoms with Crippen molar-refractivity contribution in [1.29, 1.82) is 0 Å². The van der Waals surface area contributed by atoms with Crippen molar-refractivity contribution in [3.8, 4) is 0 Å². The number of Topliss-reactive ketones (excluding diaryl/α,β-unsaturated/α-hetero) is 1. The Morgan fingerprint density at radius 3 is 2.57 bits per heavy atom. The molecule has 0 unspecified atom stereocenters. The largest absolute Gasteiger partial charge is 0.455 e. The Bertz CT molecular complexity index is 692. The normalized spacial score (nSPS) is 11.7. The van der Waals surface area contributed by atoms with Crippen LogP contribution < -0.4 is 0 Å². The fraction of sp³-hybridized carbons (Fsp3) is 0.286. The van der Waals surface area contributed by atoms with Crippen LogP contribution in [-0.2, 0) is 6.54 Å². The number of ketones is 1. The molecule has 0 radical (unpaired) electrons. The van der Waals surface area contributed by atoms with Crippen LogP contribution in [0.15, 0.2) is 24.3 Å². The van der Waals surface area contributed by atoms with Crippen LogP contribution in [-0.4, -0.2) is 21.7 Å². The molecule has 0 aliphatic heterocycles. The predicted molar refractivity (Wildman–Crippen MR) is 72.6 cm³/mol. The molecule has 0 N–H and O–H groups in total. The summed E-state index contributed by atoms with van der Waals surface area (Å²) in [5, 5.41) is 4.55. The number of hydrogen-bond acceptors (Lipinski definition) is 2. The molecular weight excluding hydrogens is 305 g/mol. The van der Waals surface area contributed by atoms with E-state index < -0.39 is 12.0 Å². The van der Waals surface area contributed by atoms with Crippen molar-refractivity contribution in [2.45, 2.75) is 26.6 Å². The second kappa shape index (κ2) is 5.52. The van der Waals surface area contributed by atoms with E-state index in [0.29, 0.717) is 5.02 Å². The van der Waals surface area contributed by atoms with Crippen molar-refractivity contribution in [1.82, 2.24) is 9.78 Å². The minimum Gasteiger partial charge on any atom is -0.284 e. The van der Waals surface area contributed by atoms with E-state index in [1.165, 1.54) is 18.5 Å². The van der Waals surface area contributed by atoms with Gasteiger partial charge in [-0.25, -0.2) is 0 Å². The number of carbonyl (C=O) groups is 1. The Labute approximate surface area is 124 Å². The first kappa shape index (κ1) is 15.6. The third-order valence-electron chi connectivity index (χ3n) is 3.09. The van der Waals surface area contributed by atoms with E-state index in [9.17, 15) is 18.0 Å². The Morgan fingerprint density at radius 2 is 2.00 bits per heavy atom. The van der Waals surface area contributed by atoms with Crippen LogP contribution in [0.25, 0.3) is 0 Å². The summed E-state index contributed by atoms with van der Waals surface area (Å²) < 4.78 is 39.1. The highest BCUT2D eigenvalue weighted by atomic mass is 35.5. The maximum Gasteiger partial charge on any atom is 0.455 e.